The number of hydrogen-bond donors (Lipinski definition) is 1. The van der Waals surface area contributed by atoms with Gasteiger partial charge in [0.25, 0.3) is 5.91 Å². The molecule has 0 radical (unpaired) electrons. The Balaban J connectivity index is 3.05. The summed E-state index contributed by atoms with van der Waals surface area (Å²) in [6, 6.07) is 5.12. The summed E-state index contributed by atoms with van der Waals surface area (Å²) >= 11 is 0. The van der Waals surface area contributed by atoms with Gasteiger partial charge in [0.05, 0.1) is 19.8 Å². The molecule has 0 aromatic heterocycles. The minimum absolute atomic E-state index is 0.133. The maximum atomic E-state index is 12.1. The van der Waals surface area contributed by atoms with Crippen molar-refractivity contribution in [2.24, 2.45) is 5.73 Å². The van der Waals surface area contributed by atoms with Crippen LogP contribution in [-0.2, 0) is 0 Å². The van der Waals surface area contributed by atoms with Crippen molar-refractivity contribution in [1.29, 1.82) is 0 Å². The molecule has 0 spiro atoms. The molecule has 1 aromatic carbocycles. The van der Waals surface area contributed by atoms with Crippen LogP contribution in [-0.4, -0.2) is 45.2 Å². The molecule has 0 heterocycles. The van der Waals surface area contributed by atoms with E-state index in [9.17, 15) is 4.79 Å². The first-order valence-corrected chi connectivity index (χ1v) is 5.31. The first-order chi connectivity index (χ1) is 8.13. The molecule has 1 aromatic rings. The number of methoxy groups -OCH3 is 2. The average Bonchev–Trinajstić information content (AvgIpc) is 2.37. The Hall–Kier alpha value is -1.75. The predicted molar refractivity (Wildman–Crippen MR) is 65.6 cm³/mol. The van der Waals surface area contributed by atoms with Crippen molar-refractivity contribution in [3.63, 3.8) is 0 Å². The van der Waals surface area contributed by atoms with Crippen molar-refractivity contribution in [1.82, 2.24) is 4.90 Å². The van der Waals surface area contributed by atoms with Gasteiger partial charge in [-0.1, -0.05) is 0 Å². The summed E-state index contributed by atoms with van der Waals surface area (Å²) in [6.07, 6.45) is 0. The highest BCUT2D eigenvalue weighted by atomic mass is 16.5. The van der Waals surface area contributed by atoms with Gasteiger partial charge in [-0.05, 0) is 18.2 Å². The molecule has 0 aliphatic carbocycles. The molecular formula is C12H18N2O3. The van der Waals surface area contributed by atoms with Gasteiger partial charge in [0, 0.05) is 20.1 Å². The van der Waals surface area contributed by atoms with Gasteiger partial charge in [0.15, 0.2) is 0 Å². The Morgan fingerprint density at radius 3 is 2.59 bits per heavy atom. The second kappa shape index (κ2) is 6.10. The van der Waals surface area contributed by atoms with Gasteiger partial charge in [-0.15, -0.1) is 0 Å². The lowest BCUT2D eigenvalue weighted by Crippen LogP contribution is -2.31. The van der Waals surface area contributed by atoms with E-state index < -0.39 is 0 Å². The molecule has 17 heavy (non-hydrogen) atoms. The summed E-state index contributed by atoms with van der Waals surface area (Å²) in [7, 11) is 4.79. The molecule has 2 N–H and O–H groups in total. The standard InChI is InChI=1S/C12H18N2O3/c1-14(7-6-13)12(15)10-8-9(16-2)4-5-11(10)17-3/h4-5,8H,6-7,13H2,1-3H3. The van der Waals surface area contributed by atoms with Crippen molar-refractivity contribution in [3.8, 4) is 11.5 Å². The van der Waals surface area contributed by atoms with Crippen LogP contribution in [0.5, 0.6) is 11.5 Å². The monoisotopic (exact) mass is 238 g/mol. The second-order valence-electron chi connectivity index (χ2n) is 3.58. The largest absolute Gasteiger partial charge is 0.497 e. The Labute approximate surface area is 101 Å². The molecule has 0 saturated carbocycles. The van der Waals surface area contributed by atoms with Gasteiger partial charge in [-0.25, -0.2) is 0 Å². The van der Waals surface area contributed by atoms with Gasteiger partial charge in [0.2, 0.25) is 0 Å². The quantitative estimate of drug-likeness (QED) is 0.821. The summed E-state index contributed by atoms with van der Waals surface area (Å²) in [5.74, 6) is 1.01. The lowest BCUT2D eigenvalue weighted by molar-refractivity contribution is 0.0795. The summed E-state index contributed by atoms with van der Waals surface area (Å²) in [5.41, 5.74) is 5.90. The van der Waals surface area contributed by atoms with Crippen molar-refractivity contribution in [2.75, 3.05) is 34.4 Å². The molecule has 0 aliphatic heterocycles. The number of rotatable bonds is 5. The molecule has 5 nitrogen and oxygen atoms in total. The highest BCUT2D eigenvalue weighted by Crippen LogP contribution is 2.24. The molecule has 0 atom stereocenters. The molecule has 1 rings (SSSR count). The van der Waals surface area contributed by atoms with E-state index >= 15 is 0 Å². The molecule has 1 amide bonds. The lowest BCUT2D eigenvalue weighted by atomic mass is 10.1. The number of carbonyl (C=O) groups excluding carboxylic acids is 1. The third kappa shape index (κ3) is 3.10. The molecule has 0 fully saturated rings. The molecule has 0 bridgehead atoms. The Bertz CT molecular complexity index is 393. The van der Waals surface area contributed by atoms with E-state index in [2.05, 4.69) is 0 Å². The van der Waals surface area contributed by atoms with Crippen LogP contribution in [0, 0.1) is 0 Å². The van der Waals surface area contributed by atoms with E-state index in [4.69, 9.17) is 15.2 Å². The smallest absolute Gasteiger partial charge is 0.257 e. The van der Waals surface area contributed by atoms with Crippen LogP contribution >= 0.6 is 0 Å². The number of benzene rings is 1. The summed E-state index contributed by atoms with van der Waals surface area (Å²) in [4.78, 5) is 13.7. The van der Waals surface area contributed by atoms with E-state index in [1.54, 1.807) is 37.3 Å². The van der Waals surface area contributed by atoms with Crippen molar-refractivity contribution >= 4 is 5.91 Å². The second-order valence-corrected chi connectivity index (χ2v) is 3.58. The van der Waals surface area contributed by atoms with Crippen molar-refractivity contribution < 1.29 is 14.3 Å². The minimum Gasteiger partial charge on any atom is -0.497 e. The number of nitrogens with two attached hydrogens (primary N) is 1. The maximum absolute atomic E-state index is 12.1. The molecule has 0 unspecified atom stereocenters. The van der Waals surface area contributed by atoms with Crippen molar-refractivity contribution in [2.45, 2.75) is 0 Å². The Kier molecular flexibility index (Phi) is 4.78. The molecular weight excluding hydrogens is 220 g/mol. The Morgan fingerprint density at radius 2 is 2.06 bits per heavy atom. The molecule has 0 aliphatic rings. The van der Waals surface area contributed by atoms with Crippen LogP contribution in [0.1, 0.15) is 10.4 Å². The van der Waals surface area contributed by atoms with Crippen LogP contribution in [0.2, 0.25) is 0 Å². The van der Waals surface area contributed by atoms with Crippen LogP contribution in [0.15, 0.2) is 18.2 Å². The zero-order valence-corrected chi connectivity index (χ0v) is 10.4. The van der Waals surface area contributed by atoms with Crippen LogP contribution in [0.3, 0.4) is 0 Å². The maximum Gasteiger partial charge on any atom is 0.257 e. The van der Waals surface area contributed by atoms with E-state index in [-0.39, 0.29) is 5.91 Å². The lowest BCUT2D eigenvalue weighted by Gasteiger charge is -2.18. The fourth-order valence-electron chi connectivity index (χ4n) is 1.48. The zero-order chi connectivity index (χ0) is 12.8. The first kappa shape index (κ1) is 13.3. The molecule has 5 heteroatoms. The van der Waals surface area contributed by atoms with E-state index in [1.807, 2.05) is 0 Å². The normalized spacial score (nSPS) is 9.88. The van der Waals surface area contributed by atoms with Gasteiger partial charge in [-0.2, -0.15) is 0 Å². The number of hydrogen-bond acceptors (Lipinski definition) is 4. The van der Waals surface area contributed by atoms with Gasteiger partial charge >= 0.3 is 0 Å². The highest BCUT2D eigenvalue weighted by Gasteiger charge is 2.16. The van der Waals surface area contributed by atoms with Crippen LogP contribution in [0.4, 0.5) is 0 Å². The minimum atomic E-state index is -0.133. The summed E-state index contributed by atoms with van der Waals surface area (Å²) in [5, 5.41) is 0. The van der Waals surface area contributed by atoms with E-state index in [1.165, 1.54) is 7.11 Å². The fourth-order valence-corrected chi connectivity index (χ4v) is 1.48. The number of ether oxygens (including phenoxy) is 2. The van der Waals surface area contributed by atoms with Crippen molar-refractivity contribution in [3.05, 3.63) is 23.8 Å². The number of carbonyl (C=O) groups is 1. The van der Waals surface area contributed by atoms with Gasteiger partial charge < -0.3 is 20.1 Å². The fraction of sp³-hybridized carbons (Fsp3) is 0.417. The van der Waals surface area contributed by atoms with E-state index in [0.717, 1.165) is 0 Å². The van der Waals surface area contributed by atoms with Gasteiger partial charge in [0.1, 0.15) is 11.5 Å². The van der Waals surface area contributed by atoms with Gasteiger partial charge in [-0.3, -0.25) is 4.79 Å². The molecule has 0 saturated heterocycles. The third-order valence-electron chi connectivity index (χ3n) is 2.45. The summed E-state index contributed by atoms with van der Waals surface area (Å²) in [6.45, 7) is 0.924. The number of likely N-dealkylation sites (N-methyl/N-ethyl adjacent to an activating group) is 1. The topological polar surface area (TPSA) is 64.8 Å². The van der Waals surface area contributed by atoms with Crippen LogP contribution in [0.25, 0.3) is 0 Å². The third-order valence-corrected chi connectivity index (χ3v) is 2.45. The average molecular weight is 238 g/mol. The number of nitrogens with zero attached hydrogens (tertiary/aromatic N) is 1. The Morgan fingerprint density at radius 1 is 1.35 bits per heavy atom. The SMILES string of the molecule is COc1ccc(OC)c(C(=O)N(C)CCN)c1. The highest BCUT2D eigenvalue weighted by molar-refractivity contribution is 5.97. The van der Waals surface area contributed by atoms with E-state index in [0.29, 0.717) is 30.2 Å². The first-order valence-electron chi connectivity index (χ1n) is 5.31. The van der Waals surface area contributed by atoms with Crippen LogP contribution < -0.4 is 15.2 Å². The summed E-state index contributed by atoms with van der Waals surface area (Å²) < 4.78 is 10.3. The zero-order valence-electron chi connectivity index (χ0n) is 10.4. The predicted octanol–water partition coefficient (Wildman–Crippen LogP) is 0.735. The molecule has 94 valence electrons. The number of amides is 1.